The van der Waals surface area contributed by atoms with Crippen molar-refractivity contribution < 1.29 is 9.59 Å². The van der Waals surface area contributed by atoms with E-state index in [0.29, 0.717) is 32.0 Å². The highest BCUT2D eigenvalue weighted by molar-refractivity contribution is 5.77. The highest BCUT2D eigenvalue weighted by atomic mass is 16.2. The molecule has 1 aliphatic carbocycles. The fourth-order valence-electron chi connectivity index (χ4n) is 2.63. The van der Waals surface area contributed by atoms with E-state index in [-0.39, 0.29) is 18.4 Å². The first-order valence-electron chi connectivity index (χ1n) is 7.18. The molecule has 0 radical (unpaired) electrons. The first-order chi connectivity index (χ1) is 9.54. The molecule has 6 heteroatoms. The lowest BCUT2D eigenvalue weighted by molar-refractivity contribution is -0.131. The monoisotopic (exact) mass is 280 g/mol. The van der Waals surface area contributed by atoms with Crippen molar-refractivity contribution in [3.8, 4) is 6.07 Å². The lowest BCUT2D eigenvalue weighted by Crippen LogP contribution is -2.42. The van der Waals surface area contributed by atoms with Crippen LogP contribution in [0.3, 0.4) is 0 Å². The number of nitriles is 1. The number of rotatable bonds is 8. The number of nitrogens with two attached hydrogens (primary N) is 1. The van der Waals surface area contributed by atoms with Gasteiger partial charge in [0.1, 0.15) is 0 Å². The lowest BCUT2D eigenvalue weighted by atomic mass is 10.2. The summed E-state index contributed by atoms with van der Waals surface area (Å²) in [7, 11) is 1.70. The molecule has 20 heavy (non-hydrogen) atoms. The van der Waals surface area contributed by atoms with Gasteiger partial charge >= 0.3 is 0 Å². The van der Waals surface area contributed by atoms with Crippen molar-refractivity contribution in [2.24, 2.45) is 5.73 Å². The third kappa shape index (κ3) is 5.57. The smallest absolute Gasteiger partial charge is 0.231 e. The van der Waals surface area contributed by atoms with Crippen molar-refractivity contribution in [2.45, 2.75) is 44.6 Å². The van der Waals surface area contributed by atoms with Gasteiger partial charge in [0.05, 0.1) is 19.0 Å². The summed E-state index contributed by atoms with van der Waals surface area (Å²) in [6.45, 7) is 1.23. The zero-order valence-corrected chi connectivity index (χ0v) is 12.2. The predicted octanol–water partition coefficient (Wildman–Crippen LogP) is 0.478. The van der Waals surface area contributed by atoms with Gasteiger partial charge in [-0.15, -0.1) is 0 Å². The Bertz CT molecular complexity index is 372. The van der Waals surface area contributed by atoms with Gasteiger partial charge in [-0.25, -0.2) is 0 Å². The first kappa shape index (κ1) is 16.4. The second-order valence-electron chi connectivity index (χ2n) is 5.35. The fraction of sp³-hybridized carbons (Fsp3) is 0.786. The maximum absolute atomic E-state index is 11.9. The van der Waals surface area contributed by atoms with Gasteiger partial charge in [0, 0.05) is 32.6 Å². The summed E-state index contributed by atoms with van der Waals surface area (Å²) >= 11 is 0. The van der Waals surface area contributed by atoms with E-state index in [1.807, 2.05) is 11.0 Å². The van der Waals surface area contributed by atoms with Crippen LogP contribution in [0.2, 0.25) is 0 Å². The molecular weight excluding hydrogens is 256 g/mol. The summed E-state index contributed by atoms with van der Waals surface area (Å²) in [5.74, 6) is -0.338. The summed E-state index contributed by atoms with van der Waals surface area (Å²) in [6.07, 6.45) is 5.21. The average Bonchev–Trinajstić information content (AvgIpc) is 2.93. The maximum atomic E-state index is 11.9. The second kappa shape index (κ2) is 8.54. The van der Waals surface area contributed by atoms with Crippen LogP contribution in [0.5, 0.6) is 0 Å². The molecule has 0 saturated heterocycles. The SMILES string of the molecule is CN(CCC#N)C(=O)CCN(CC(N)=O)C1CCCC1. The third-order valence-corrected chi connectivity index (χ3v) is 3.80. The Morgan fingerprint density at radius 3 is 2.50 bits per heavy atom. The summed E-state index contributed by atoms with van der Waals surface area (Å²) in [4.78, 5) is 26.7. The van der Waals surface area contributed by atoms with E-state index in [4.69, 9.17) is 11.0 Å². The number of hydrogen-bond donors (Lipinski definition) is 1. The van der Waals surface area contributed by atoms with Crippen molar-refractivity contribution in [3.05, 3.63) is 0 Å². The number of nitrogens with zero attached hydrogens (tertiary/aromatic N) is 3. The van der Waals surface area contributed by atoms with Gasteiger partial charge in [-0.05, 0) is 12.8 Å². The Balaban J connectivity index is 2.42. The first-order valence-corrected chi connectivity index (χ1v) is 7.18. The normalized spacial score (nSPS) is 15.2. The largest absolute Gasteiger partial charge is 0.369 e. The standard InChI is InChI=1S/C14H24N4O2/c1-17(9-4-8-15)14(20)7-10-18(11-13(16)19)12-5-2-3-6-12/h12H,2-7,9-11H2,1H3,(H2,16,19). The van der Waals surface area contributed by atoms with Crippen LogP contribution in [0.15, 0.2) is 0 Å². The zero-order chi connectivity index (χ0) is 15.0. The van der Waals surface area contributed by atoms with E-state index < -0.39 is 0 Å². The number of amides is 2. The van der Waals surface area contributed by atoms with E-state index in [1.54, 1.807) is 11.9 Å². The minimum atomic E-state index is -0.345. The molecule has 0 aromatic rings. The van der Waals surface area contributed by atoms with Crippen molar-refractivity contribution in [1.29, 1.82) is 5.26 Å². The van der Waals surface area contributed by atoms with Gasteiger partial charge in [-0.1, -0.05) is 12.8 Å². The van der Waals surface area contributed by atoms with Crippen LogP contribution < -0.4 is 5.73 Å². The third-order valence-electron chi connectivity index (χ3n) is 3.80. The molecule has 1 aliphatic rings. The predicted molar refractivity (Wildman–Crippen MR) is 75.5 cm³/mol. The molecule has 0 aromatic carbocycles. The van der Waals surface area contributed by atoms with Crippen LogP contribution >= 0.6 is 0 Å². The summed E-state index contributed by atoms with van der Waals surface area (Å²) in [5.41, 5.74) is 5.28. The van der Waals surface area contributed by atoms with E-state index >= 15 is 0 Å². The Morgan fingerprint density at radius 2 is 1.95 bits per heavy atom. The molecule has 6 nitrogen and oxygen atoms in total. The van der Waals surface area contributed by atoms with Crippen molar-refractivity contribution in [3.63, 3.8) is 0 Å². The van der Waals surface area contributed by atoms with E-state index in [9.17, 15) is 9.59 Å². The number of carbonyl (C=O) groups excluding carboxylic acids is 2. The Hall–Kier alpha value is -1.61. The second-order valence-corrected chi connectivity index (χ2v) is 5.35. The molecule has 0 bridgehead atoms. The van der Waals surface area contributed by atoms with Crippen LogP contribution in [0.4, 0.5) is 0 Å². The molecule has 0 heterocycles. The molecule has 0 spiro atoms. The summed E-state index contributed by atoms with van der Waals surface area (Å²) in [5, 5.41) is 8.51. The number of hydrogen-bond acceptors (Lipinski definition) is 4. The van der Waals surface area contributed by atoms with Gasteiger partial charge in [0.15, 0.2) is 0 Å². The summed E-state index contributed by atoms with van der Waals surface area (Å²) in [6, 6.07) is 2.40. The van der Waals surface area contributed by atoms with Gasteiger partial charge in [-0.2, -0.15) is 5.26 Å². The van der Waals surface area contributed by atoms with E-state index in [1.165, 1.54) is 12.8 Å². The van der Waals surface area contributed by atoms with Crippen LogP contribution in [0.25, 0.3) is 0 Å². The summed E-state index contributed by atoms with van der Waals surface area (Å²) < 4.78 is 0. The van der Waals surface area contributed by atoms with Crippen LogP contribution in [0.1, 0.15) is 38.5 Å². The molecular formula is C14H24N4O2. The Labute approximate surface area is 120 Å². The fourth-order valence-corrected chi connectivity index (χ4v) is 2.63. The van der Waals surface area contributed by atoms with Crippen molar-refractivity contribution >= 4 is 11.8 Å². The quantitative estimate of drug-likeness (QED) is 0.700. The van der Waals surface area contributed by atoms with Gasteiger partial charge < -0.3 is 10.6 Å². The Kier molecular flexibility index (Phi) is 7.02. The molecule has 0 aliphatic heterocycles. The van der Waals surface area contributed by atoms with E-state index in [0.717, 1.165) is 12.8 Å². The van der Waals surface area contributed by atoms with Crippen LogP contribution in [-0.4, -0.2) is 54.3 Å². The number of primary amides is 1. The molecule has 1 rings (SSSR count). The highest BCUT2D eigenvalue weighted by Gasteiger charge is 2.24. The minimum absolute atomic E-state index is 0.00715. The van der Waals surface area contributed by atoms with Crippen LogP contribution in [0, 0.1) is 11.3 Å². The molecule has 2 N–H and O–H groups in total. The molecule has 1 fully saturated rings. The Morgan fingerprint density at radius 1 is 1.30 bits per heavy atom. The van der Waals surface area contributed by atoms with E-state index in [2.05, 4.69) is 0 Å². The molecule has 2 amide bonds. The highest BCUT2D eigenvalue weighted by Crippen LogP contribution is 2.23. The van der Waals surface area contributed by atoms with Crippen LogP contribution in [-0.2, 0) is 9.59 Å². The van der Waals surface area contributed by atoms with Crippen molar-refractivity contribution in [2.75, 3.05) is 26.7 Å². The zero-order valence-electron chi connectivity index (χ0n) is 12.2. The molecule has 0 atom stereocenters. The minimum Gasteiger partial charge on any atom is -0.369 e. The topological polar surface area (TPSA) is 90.4 Å². The van der Waals surface area contributed by atoms with Gasteiger partial charge in [0.25, 0.3) is 0 Å². The molecule has 0 aromatic heterocycles. The number of carbonyl (C=O) groups is 2. The molecule has 1 saturated carbocycles. The molecule has 112 valence electrons. The van der Waals surface area contributed by atoms with Gasteiger partial charge in [0.2, 0.25) is 11.8 Å². The van der Waals surface area contributed by atoms with Crippen molar-refractivity contribution in [1.82, 2.24) is 9.80 Å². The molecule has 0 unspecified atom stereocenters. The average molecular weight is 280 g/mol. The lowest BCUT2D eigenvalue weighted by Gasteiger charge is -2.28. The van der Waals surface area contributed by atoms with Gasteiger partial charge in [-0.3, -0.25) is 14.5 Å². The maximum Gasteiger partial charge on any atom is 0.231 e.